The molecule has 2 aromatic rings. The van der Waals surface area contributed by atoms with Gasteiger partial charge in [0.05, 0.1) is 5.69 Å². The van der Waals surface area contributed by atoms with E-state index in [0.717, 1.165) is 17.0 Å². The van der Waals surface area contributed by atoms with Crippen LogP contribution in [0.5, 0.6) is 0 Å². The summed E-state index contributed by atoms with van der Waals surface area (Å²) in [7, 11) is 0. The maximum Gasteiger partial charge on any atom is 0.252 e. The molecule has 0 aliphatic carbocycles. The number of aryl methyl sites for hydroxylation is 1. The summed E-state index contributed by atoms with van der Waals surface area (Å²) >= 11 is 0. The lowest BCUT2D eigenvalue weighted by Crippen LogP contribution is -2.05. The third kappa shape index (κ3) is 1.54. The summed E-state index contributed by atoms with van der Waals surface area (Å²) in [5.74, 6) is 0.438. The van der Waals surface area contributed by atoms with Crippen molar-refractivity contribution in [2.24, 2.45) is 0 Å². The van der Waals surface area contributed by atoms with Crippen molar-refractivity contribution in [1.29, 1.82) is 5.26 Å². The summed E-state index contributed by atoms with van der Waals surface area (Å²) in [6.45, 7) is 5.90. The molecule has 2 aromatic heterocycles. The fourth-order valence-corrected chi connectivity index (χ4v) is 1.43. The SMILES string of the molecule is Cc1nn(-c2nccc(C#N)n2)c(C)c1C. The molecule has 0 fully saturated rings. The van der Waals surface area contributed by atoms with Crippen LogP contribution in [0.15, 0.2) is 12.3 Å². The molecule has 0 amide bonds. The molecule has 2 rings (SSSR count). The van der Waals surface area contributed by atoms with Crippen LogP contribution in [0.1, 0.15) is 22.6 Å². The number of aromatic nitrogens is 4. The quantitative estimate of drug-likeness (QED) is 0.719. The van der Waals surface area contributed by atoms with Crippen LogP contribution in [0.2, 0.25) is 0 Å². The van der Waals surface area contributed by atoms with Crippen molar-refractivity contribution in [3.05, 3.63) is 34.9 Å². The van der Waals surface area contributed by atoms with E-state index in [-0.39, 0.29) is 0 Å². The molecule has 0 atom stereocenters. The number of nitrogens with zero attached hydrogens (tertiary/aromatic N) is 5. The van der Waals surface area contributed by atoms with E-state index in [2.05, 4.69) is 15.1 Å². The van der Waals surface area contributed by atoms with Crippen molar-refractivity contribution >= 4 is 0 Å². The van der Waals surface area contributed by atoms with Gasteiger partial charge in [-0.2, -0.15) is 10.4 Å². The highest BCUT2D eigenvalue weighted by Crippen LogP contribution is 2.13. The summed E-state index contributed by atoms with van der Waals surface area (Å²) in [6, 6.07) is 3.56. The smallest absolute Gasteiger partial charge is 0.220 e. The topological polar surface area (TPSA) is 67.4 Å². The standard InChI is InChI=1S/C11H11N5/c1-7-8(2)15-16(9(7)3)11-13-5-4-10(6-12)14-11/h4-5H,1-3H3. The Kier molecular flexibility index (Phi) is 2.41. The van der Waals surface area contributed by atoms with E-state index in [1.165, 1.54) is 0 Å². The molecule has 0 unspecified atom stereocenters. The summed E-state index contributed by atoms with van der Waals surface area (Å²) in [5, 5.41) is 13.1. The van der Waals surface area contributed by atoms with Gasteiger partial charge < -0.3 is 0 Å². The van der Waals surface area contributed by atoms with E-state index in [0.29, 0.717) is 11.6 Å². The van der Waals surface area contributed by atoms with Crippen molar-refractivity contribution < 1.29 is 0 Å². The Labute approximate surface area is 93.4 Å². The molecule has 0 N–H and O–H groups in total. The fraction of sp³-hybridized carbons (Fsp3) is 0.273. The van der Waals surface area contributed by atoms with Gasteiger partial charge in [0.2, 0.25) is 0 Å². The van der Waals surface area contributed by atoms with Gasteiger partial charge >= 0.3 is 0 Å². The van der Waals surface area contributed by atoms with Gasteiger partial charge in [0.25, 0.3) is 5.95 Å². The number of nitriles is 1. The molecule has 0 saturated carbocycles. The maximum absolute atomic E-state index is 8.77. The first kappa shape index (κ1) is 10.3. The van der Waals surface area contributed by atoms with Gasteiger partial charge in [0.1, 0.15) is 11.8 Å². The first-order chi connectivity index (χ1) is 7.63. The van der Waals surface area contributed by atoms with Gasteiger partial charge in [-0.25, -0.2) is 14.6 Å². The molecule has 0 aliphatic heterocycles. The molecule has 0 aromatic carbocycles. The summed E-state index contributed by atoms with van der Waals surface area (Å²) in [4.78, 5) is 8.22. The monoisotopic (exact) mass is 213 g/mol. The Morgan fingerprint density at radius 3 is 2.62 bits per heavy atom. The molecule has 5 nitrogen and oxygen atoms in total. The average Bonchev–Trinajstić information content (AvgIpc) is 2.57. The maximum atomic E-state index is 8.77. The molecule has 0 radical (unpaired) electrons. The fourth-order valence-electron chi connectivity index (χ4n) is 1.43. The minimum Gasteiger partial charge on any atom is -0.220 e. The first-order valence-corrected chi connectivity index (χ1v) is 4.90. The lowest BCUT2D eigenvalue weighted by Gasteiger charge is -2.01. The zero-order chi connectivity index (χ0) is 11.7. The Hall–Kier alpha value is -2.22. The second kappa shape index (κ2) is 3.74. The van der Waals surface area contributed by atoms with Crippen LogP contribution < -0.4 is 0 Å². The highest BCUT2D eigenvalue weighted by molar-refractivity contribution is 5.29. The lowest BCUT2D eigenvalue weighted by atomic mass is 10.2. The predicted octanol–water partition coefficient (Wildman–Crippen LogP) is 1.46. The zero-order valence-corrected chi connectivity index (χ0v) is 9.39. The highest BCUT2D eigenvalue weighted by atomic mass is 15.4. The molecule has 0 bridgehead atoms. The van der Waals surface area contributed by atoms with E-state index in [1.807, 2.05) is 26.8 Å². The van der Waals surface area contributed by atoms with Gasteiger partial charge in [-0.05, 0) is 32.4 Å². The van der Waals surface area contributed by atoms with E-state index in [9.17, 15) is 0 Å². The van der Waals surface area contributed by atoms with Crippen molar-refractivity contribution in [1.82, 2.24) is 19.7 Å². The number of rotatable bonds is 1. The molecule has 80 valence electrons. The number of hydrogen-bond donors (Lipinski definition) is 0. The van der Waals surface area contributed by atoms with Crippen molar-refractivity contribution in [2.45, 2.75) is 20.8 Å². The molecule has 2 heterocycles. The summed E-state index contributed by atoms with van der Waals surface area (Å²) < 4.78 is 1.66. The van der Waals surface area contributed by atoms with Crippen LogP contribution >= 0.6 is 0 Å². The molecule has 5 heteroatoms. The van der Waals surface area contributed by atoms with E-state index >= 15 is 0 Å². The van der Waals surface area contributed by atoms with E-state index in [1.54, 1.807) is 16.9 Å². The first-order valence-electron chi connectivity index (χ1n) is 4.90. The van der Waals surface area contributed by atoms with Gasteiger partial charge in [0.15, 0.2) is 0 Å². The van der Waals surface area contributed by atoms with Crippen molar-refractivity contribution in [3.63, 3.8) is 0 Å². The third-order valence-electron chi connectivity index (χ3n) is 2.60. The molecule has 16 heavy (non-hydrogen) atoms. The lowest BCUT2D eigenvalue weighted by molar-refractivity contribution is 0.771. The second-order valence-corrected chi connectivity index (χ2v) is 3.56. The van der Waals surface area contributed by atoms with Crippen LogP contribution in [0.4, 0.5) is 0 Å². The van der Waals surface area contributed by atoms with Crippen LogP contribution in [0.3, 0.4) is 0 Å². The summed E-state index contributed by atoms with van der Waals surface area (Å²) in [5.41, 5.74) is 3.40. The van der Waals surface area contributed by atoms with E-state index < -0.39 is 0 Å². The zero-order valence-electron chi connectivity index (χ0n) is 9.39. The molecular weight excluding hydrogens is 202 g/mol. The Morgan fingerprint density at radius 2 is 2.06 bits per heavy atom. The van der Waals surface area contributed by atoms with Gasteiger partial charge in [-0.15, -0.1) is 0 Å². The second-order valence-electron chi connectivity index (χ2n) is 3.56. The van der Waals surface area contributed by atoms with Crippen LogP contribution in [-0.2, 0) is 0 Å². The minimum atomic E-state index is 0.343. The van der Waals surface area contributed by atoms with Gasteiger partial charge in [-0.1, -0.05) is 0 Å². The molecule has 0 aliphatic rings. The number of hydrogen-bond acceptors (Lipinski definition) is 4. The summed E-state index contributed by atoms with van der Waals surface area (Å²) in [6.07, 6.45) is 1.56. The Morgan fingerprint density at radius 1 is 1.31 bits per heavy atom. The molecule has 0 saturated heterocycles. The minimum absolute atomic E-state index is 0.343. The van der Waals surface area contributed by atoms with Crippen LogP contribution in [-0.4, -0.2) is 19.7 Å². The highest BCUT2D eigenvalue weighted by Gasteiger charge is 2.11. The molecule has 0 spiro atoms. The Bertz CT molecular complexity index is 577. The van der Waals surface area contributed by atoms with E-state index in [4.69, 9.17) is 5.26 Å². The third-order valence-corrected chi connectivity index (χ3v) is 2.60. The Balaban J connectivity index is 2.59. The predicted molar refractivity (Wildman–Crippen MR) is 58.1 cm³/mol. The molecular formula is C11H11N5. The van der Waals surface area contributed by atoms with Crippen LogP contribution in [0.25, 0.3) is 5.95 Å². The normalized spacial score (nSPS) is 10.1. The largest absolute Gasteiger partial charge is 0.252 e. The van der Waals surface area contributed by atoms with Gasteiger partial charge in [0, 0.05) is 11.9 Å². The van der Waals surface area contributed by atoms with Crippen LogP contribution in [0, 0.1) is 32.1 Å². The average molecular weight is 213 g/mol. The van der Waals surface area contributed by atoms with Gasteiger partial charge in [-0.3, -0.25) is 0 Å². The van der Waals surface area contributed by atoms with Crippen molar-refractivity contribution in [3.8, 4) is 12.0 Å². The van der Waals surface area contributed by atoms with Crippen molar-refractivity contribution in [2.75, 3.05) is 0 Å².